The summed E-state index contributed by atoms with van der Waals surface area (Å²) in [6, 6.07) is 18.5. The van der Waals surface area contributed by atoms with Crippen molar-refractivity contribution in [3.05, 3.63) is 65.7 Å². The summed E-state index contributed by atoms with van der Waals surface area (Å²) in [7, 11) is 1.69. The minimum absolute atomic E-state index is 0.0459. The van der Waals surface area contributed by atoms with Crippen molar-refractivity contribution in [2.24, 2.45) is 0 Å². The largest absolute Gasteiger partial charge is 0.497 e. The van der Waals surface area contributed by atoms with Gasteiger partial charge in [0.15, 0.2) is 0 Å². The Morgan fingerprint density at radius 2 is 1.70 bits per heavy atom. The Bertz CT molecular complexity index is 673. The van der Waals surface area contributed by atoms with Crippen LogP contribution in [0.5, 0.6) is 5.75 Å². The maximum Gasteiger partial charge on any atom is 0.118 e. The minimum Gasteiger partial charge on any atom is -0.497 e. The molecular weight excluding hydrogens is 282 g/mol. The lowest BCUT2D eigenvalue weighted by molar-refractivity contribution is 0.413. The summed E-state index contributed by atoms with van der Waals surface area (Å²) in [5.74, 6) is 7.76. The molecule has 0 aliphatic heterocycles. The number of nitrogens with one attached hydrogen (secondary N) is 1. The van der Waals surface area contributed by atoms with Gasteiger partial charge in [-0.3, -0.25) is 5.32 Å². The van der Waals surface area contributed by atoms with Gasteiger partial charge in [-0.2, -0.15) is 0 Å². The van der Waals surface area contributed by atoms with Crippen molar-refractivity contribution in [2.45, 2.75) is 37.8 Å². The molecule has 1 saturated carbocycles. The molecule has 2 nitrogen and oxygen atoms in total. The van der Waals surface area contributed by atoms with Crippen LogP contribution in [0.1, 0.15) is 36.8 Å². The molecule has 0 spiro atoms. The van der Waals surface area contributed by atoms with Crippen molar-refractivity contribution in [2.75, 3.05) is 7.11 Å². The summed E-state index contributed by atoms with van der Waals surface area (Å²) in [5, 5.41) is 3.70. The molecule has 1 N–H and O–H groups in total. The van der Waals surface area contributed by atoms with E-state index in [0.29, 0.717) is 0 Å². The summed E-state index contributed by atoms with van der Waals surface area (Å²) >= 11 is 0. The van der Waals surface area contributed by atoms with Gasteiger partial charge in [0.2, 0.25) is 0 Å². The molecule has 0 aromatic heterocycles. The molecule has 23 heavy (non-hydrogen) atoms. The highest BCUT2D eigenvalue weighted by molar-refractivity contribution is 5.37. The highest BCUT2D eigenvalue weighted by Crippen LogP contribution is 2.29. The van der Waals surface area contributed by atoms with E-state index >= 15 is 0 Å². The van der Waals surface area contributed by atoms with E-state index in [4.69, 9.17) is 4.74 Å². The van der Waals surface area contributed by atoms with E-state index in [-0.39, 0.29) is 5.54 Å². The Morgan fingerprint density at radius 1 is 1.00 bits per heavy atom. The lowest BCUT2D eigenvalue weighted by atomic mass is 9.97. The van der Waals surface area contributed by atoms with Crippen molar-refractivity contribution in [3.8, 4) is 17.6 Å². The second kappa shape index (κ2) is 7.35. The van der Waals surface area contributed by atoms with Crippen molar-refractivity contribution in [1.29, 1.82) is 0 Å². The van der Waals surface area contributed by atoms with Gasteiger partial charge < -0.3 is 4.74 Å². The van der Waals surface area contributed by atoms with E-state index in [1.54, 1.807) is 7.11 Å². The van der Waals surface area contributed by atoms with Crippen molar-refractivity contribution < 1.29 is 4.74 Å². The normalized spacial score (nSPS) is 15.7. The summed E-state index contributed by atoms with van der Waals surface area (Å²) in [6.45, 7) is 0.841. The van der Waals surface area contributed by atoms with Crippen LogP contribution in [0, 0.1) is 11.8 Å². The van der Waals surface area contributed by atoms with Gasteiger partial charge in [0.05, 0.1) is 12.6 Å². The van der Waals surface area contributed by atoms with E-state index < -0.39 is 0 Å². The Kier molecular flexibility index (Phi) is 5.00. The Balaban J connectivity index is 1.70. The fourth-order valence-electron chi connectivity index (χ4n) is 3.05. The van der Waals surface area contributed by atoms with Crippen LogP contribution in [-0.2, 0) is 6.54 Å². The molecular formula is C21H23NO. The van der Waals surface area contributed by atoms with E-state index in [1.807, 2.05) is 30.3 Å². The molecule has 0 bridgehead atoms. The van der Waals surface area contributed by atoms with E-state index in [2.05, 4.69) is 41.4 Å². The van der Waals surface area contributed by atoms with Gasteiger partial charge in [0.1, 0.15) is 5.75 Å². The molecule has 0 atom stereocenters. The van der Waals surface area contributed by atoms with Gasteiger partial charge in [-0.15, -0.1) is 0 Å². The van der Waals surface area contributed by atoms with Crippen LogP contribution < -0.4 is 10.1 Å². The molecule has 1 fully saturated rings. The third-order valence-corrected chi connectivity index (χ3v) is 4.47. The topological polar surface area (TPSA) is 21.3 Å². The highest BCUT2D eigenvalue weighted by Gasteiger charge is 2.31. The standard InChI is InChI=1S/C21H23NO/c1-23-20-11-9-19(10-12-20)17-22-21(14-5-6-15-21)16-13-18-7-3-2-4-8-18/h2-4,7-12,22H,5-6,14-15,17H2,1H3. The zero-order chi connectivity index (χ0) is 16.0. The second-order valence-electron chi connectivity index (χ2n) is 6.11. The zero-order valence-electron chi connectivity index (χ0n) is 13.6. The van der Waals surface area contributed by atoms with Crippen molar-refractivity contribution in [1.82, 2.24) is 5.32 Å². The van der Waals surface area contributed by atoms with Crippen LogP contribution >= 0.6 is 0 Å². The monoisotopic (exact) mass is 305 g/mol. The molecule has 118 valence electrons. The Labute approximate surface area is 138 Å². The fourth-order valence-corrected chi connectivity index (χ4v) is 3.05. The summed E-state index contributed by atoms with van der Waals surface area (Å²) in [5.41, 5.74) is 2.30. The average molecular weight is 305 g/mol. The third kappa shape index (κ3) is 4.15. The number of rotatable bonds is 4. The van der Waals surface area contributed by atoms with E-state index in [0.717, 1.165) is 30.7 Å². The van der Waals surface area contributed by atoms with Crippen LogP contribution in [0.4, 0.5) is 0 Å². The van der Waals surface area contributed by atoms with Gasteiger partial charge in [0, 0.05) is 12.1 Å². The lowest BCUT2D eigenvalue weighted by Gasteiger charge is -2.24. The first-order valence-corrected chi connectivity index (χ1v) is 8.26. The molecule has 0 radical (unpaired) electrons. The zero-order valence-corrected chi connectivity index (χ0v) is 13.6. The average Bonchev–Trinajstić information content (AvgIpc) is 3.09. The van der Waals surface area contributed by atoms with Gasteiger partial charge >= 0.3 is 0 Å². The molecule has 0 amide bonds. The summed E-state index contributed by atoms with van der Waals surface area (Å²) in [6.07, 6.45) is 4.75. The smallest absolute Gasteiger partial charge is 0.118 e. The van der Waals surface area contributed by atoms with Crippen molar-refractivity contribution >= 4 is 0 Å². The van der Waals surface area contributed by atoms with Gasteiger partial charge in [0.25, 0.3) is 0 Å². The Morgan fingerprint density at radius 3 is 2.35 bits per heavy atom. The predicted octanol–water partition coefficient (Wildman–Crippen LogP) is 4.15. The molecule has 2 aromatic rings. The summed E-state index contributed by atoms with van der Waals surface area (Å²) in [4.78, 5) is 0. The van der Waals surface area contributed by atoms with Crippen LogP contribution in [0.15, 0.2) is 54.6 Å². The number of ether oxygens (including phenoxy) is 1. The Hall–Kier alpha value is -2.24. The number of hydrogen-bond donors (Lipinski definition) is 1. The van der Waals surface area contributed by atoms with E-state index in [9.17, 15) is 0 Å². The molecule has 2 aromatic carbocycles. The molecule has 1 aliphatic carbocycles. The van der Waals surface area contributed by atoms with Crippen LogP contribution in [-0.4, -0.2) is 12.6 Å². The molecule has 1 aliphatic rings. The molecule has 3 rings (SSSR count). The first-order valence-electron chi connectivity index (χ1n) is 8.26. The molecule has 0 unspecified atom stereocenters. The second-order valence-corrected chi connectivity index (χ2v) is 6.11. The van der Waals surface area contributed by atoms with Crippen molar-refractivity contribution in [3.63, 3.8) is 0 Å². The molecule has 0 heterocycles. The number of hydrogen-bond acceptors (Lipinski definition) is 2. The van der Waals surface area contributed by atoms with Gasteiger partial charge in [-0.25, -0.2) is 0 Å². The lowest BCUT2D eigenvalue weighted by Crippen LogP contribution is -2.40. The maximum atomic E-state index is 5.21. The number of methoxy groups -OCH3 is 1. The van der Waals surface area contributed by atoms with Crippen LogP contribution in [0.25, 0.3) is 0 Å². The van der Waals surface area contributed by atoms with E-state index in [1.165, 1.54) is 18.4 Å². The summed E-state index contributed by atoms with van der Waals surface area (Å²) < 4.78 is 5.21. The SMILES string of the molecule is COc1ccc(CNC2(C#Cc3ccccc3)CCCC2)cc1. The first-order chi connectivity index (χ1) is 11.3. The predicted molar refractivity (Wildman–Crippen MR) is 94.4 cm³/mol. The maximum absolute atomic E-state index is 5.21. The number of benzene rings is 2. The van der Waals surface area contributed by atoms with Crippen LogP contribution in [0.2, 0.25) is 0 Å². The minimum atomic E-state index is -0.0459. The van der Waals surface area contributed by atoms with Crippen LogP contribution in [0.3, 0.4) is 0 Å². The molecule has 0 saturated heterocycles. The highest BCUT2D eigenvalue weighted by atomic mass is 16.5. The third-order valence-electron chi connectivity index (χ3n) is 4.47. The first kappa shape index (κ1) is 15.6. The quantitative estimate of drug-likeness (QED) is 0.857. The molecule has 2 heteroatoms. The van der Waals surface area contributed by atoms with Gasteiger partial charge in [-0.1, -0.05) is 55.0 Å². The fraction of sp³-hybridized carbons (Fsp3) is 0.333. The van der Waals surface area contributed by atoms with Gasteiger partial charge in [-0.05, 0) is 42.7 Å².